The van der Waals surface area contributed by atoms with E-state index in [2.05, 4.69) is 22.1 Å². The Balaban J connectivity index is 1.87. The summed E-state index contributed by atoms with van der Waals surface area (Å²) in [5.41, 5.74) is 2.11. The lowest BCUT2D eigenvalue weighted by Crippen LogP contribution is -2.36. The molecule has 1 aromatic heterocycles. The molecule has 0 bridgehead atoms. The maximum Gasteiger partial charge on any atom is 0.308 e. The Bertz CT molecular complexity index is 1240. The molecule has 8 nitrogen and oxygen atoms in total. The van der Waals surface area contributed by atoms with Crippen molar-refractivity contribution >= 4 is 40.9 Å². The standard InChI is InChI=1S/C24H23ClN4O4S/c1-4-5-12-34-24-26-22-21(27-28-24)17-8-6-7-9-20(17)29(14(2)30)23(33-22)18-13-16(32-15(3)31)10-11-19(18)25/h6-11,13,23H,4-5,12H2,1-3H3/t23-/m0/s1. The summed E-state index contributed by atoms with van der Waals surface area (Å²) in [6.45, 7) is 4.87. The number of benzene rings is 2. The third-order valence-electron chi connectivity index (χ3n) is 5.08. The van der Waals surface area contributed by atoms with E-state index in [9.17, 15) is 9.59 Å². The van der Waals surface area contributed by atoms with Gasteiger partial charge in [0.1, 0.15) is 5.75 Å². The van der Waals surface area contributed by atoms with Crippen molar-refractivity contribution in [2.24, 2.45) is 0 Å². The third kappa shape index (κ3) is 5.00. The molecule has 1 aliphatic heterocycles. The Hall–Kier alpha value is -3.17. The normalized spacial score (nSPS) is 14.5. The van der Waals surface area contributed by atoms with Gasteiger partial charge in [0.15, 0.2) is 5.69 Å². The molecule has 0 radical (unpaired) electrons. The molecule has 0 aliphatic carbocycles. The fraction of sp³-hybridized carbons (Fsp3) is 0.292. The van der Waals surface area contributed by atoms with Crippen LogP contribution in [0.4, 0.5) is 5.69 Å². The number of carbonyl (C=O) groups excluding carboxylic acids is 2. The topological polar surface area (TPSA) is 94.5 Å². The molecule has 0 saturated heterocycles. The summed E-state index contributed by atoms with van der Waals surface area (Å²) < 4.78 is 11.6. The van der Waals surface area contributed by atoms with Crippen molar-refractivity contribution in [3.05, 3.63) is 53.1 Å². The van der Waals surface area contributed by atoms with Crippen LogP contribution in [0.15, 0.2) is 47.6 Å². The van der Waals surface area contributed by atoms with E-state index in [1.165, 1.54) is 30.5 Å². The van der Waals surface area contributed by atoms with Gasteiger partial charge in [0.2, 0.25) is 23.2 Å². The average Bonchev–Trinajstić information content (AvgIpc) is 2.94. The molecule has 1 amide bonds. The van der Waals surface area contributed by atoms with Crippen molar-refractivity contribution in [2.45, 2.75) is 45.0 Å². The highest BCUT2D eigenvalue weighted by molar-refractivity contribution is 7.99. The van der Waals surface area contributed by atoms with Crippen LogP contribution in [0.5, 0.6) is 11.6 Å². The summed E-state index contributed by atoms with van der Waals surface area (Å²) in [5.74, 6) is 0.634. The predicted octanol–water partition coefficient (Wildman–Crippen LogP) is 5.45. The lowest BCUT2D eigenvalue weighted by atomic mass is 10.1. The third-order valence-corrected chi connectivity index (χ3v) is 6.34. The molecule has 10 heteroatoms. The number of halogens is 1. The number of fused-ring (bicyclic) bond motifs is 3. The first-order valence-electron chi connectivity index (χ1n) is 10.8. The predicted molar refractivity (Wildman–Crippen MR) is 130 cm³/mol. The number of aromatic nitrogens is 3. The summed E-state index contributed by atoms with van der Waals surface area (Å²) in [6, 6.07) is 12.1. The second-order valence-electron chi connectivity index (χ2n) is 7.60. The van der Waals surface area contributed by atoms with E-state index in [4.69, 9.17) is 21.1 Å². The van der Waals surface area contributed by atoms with Gasteiger partial charge in [-0.15, -0.1) is 10.2 Å². The van der Waals surface area contributed by atoms with E-state index in [1.54, 1.807) is 24.3 Å². The molecule has 0 unspecified atom stereocenters. The van der Waals surface area contributed by atoms with Crippen LogP contribution in [0.2, 0.25) is 5.02 Å². The summed E-state index contributed by atoms with van der Waals surface area (Å²) in [5, 5.41) is 9.50. The molecule has 0 spiro atoms. The molecular formula is C24H23ClN4O4S. The van der Waals surface area contributed by atoms with Crippen LogP contribution in [0, 0.1) is 0 Å². The van der Waals surface area contributed by atoms with Crippen LogP contribution >= 0.6 is 23.4 Å². The molecule has 176 valence electrons. The Morgan fingerprint density at radius 2 is 1.97 bits per heavy atom. The van der Waals surface area contributed by atoms with E-state index in [-0.39, 0.29) is 17.5 Å². The Kier molecular flexibility index (Phi) is 7.33. The summed E-state index contributed by atoms with van der Waals surface area (Å²) >= 11 is 8.04. The molecule has 0 saturated carbocycles. The number of unbranched alkanes of at least 4 members (excludes halogenated alkanes) is 1. The van der Waals surface area contributed by atoms with Crippen LogP contribution in [0.1, 0.15) is 45.4 Å². The first-order valence-corrected chi connectivity index (χ1v) is 12.2. The van der Waals surface area contributed by atoms with E-state index < -0.39 is 12.2 Å². The molecule has 0 fully saturated rings. The number of hydrogen-bond acceptors (Lipinski definition) is 8. The number of para-hydroxylation sites is 1. The molecule has 0 N–H and O–H groups in total. The average molecular weight is 499 g/mol. The first-order chi connectivity index (χ1) is 16.4. The largest absolute Gasteiger partial charge is 0.447 e. The Morgan fingerprint density at radius 1 is 1.18 bits per heavy atom. The maximum atomic E-state index is 12.9. The first kappa shape index (κ1) is 24.0. The Labute approximate surface area is 206 Å². The van der Waals surface area contributed by atoms with Crippen molar-refractivity contribution in [3.8, 4) is 22.9 Å². The zero-order valence-corrected chi connectivity index (χ0v) is 20.5. The van der Waals surface area contributed by atoms with E-state index in [0.29, 0.717) is 32.7 Å². The van der Waals surface area contributed by atoms with Gasteiger partial charge in [-0.3, -0.25) is 14.5 Å². The van der Waals surface area contributed by atoms with E-state index in [0.717, 1.165) is 18.6 Å². The van der Waals surface area contributed by atoms with Gasteiger partial charge in [0, 0.05) is 35.7 Å². The van der Waals surface area contributed by atoms with Gasteiger partial charge >= 0.3 is 5.97 Å². The number of nitrogens with zero attached hydrogens (tertiary/aromatic N) is 4. The van der Waals surface area contributed by atoms with Gasteiger partial charge in [-0.05, 0) is 30.7 Å². The quantitative estimate of drug-likeness (QED) is 0.191. The SMILES string of the molecule is CCCCSc1nnc2c(n1)O[C@@H](c1cc(OC(C)=O)ccc1Cl)N(C(C)=O)c1ccccc1-2. The van der Waals surface area contributed by atoms with Crippen molar-refractivity contribution in [2.75, 3.05) is 10.7 Å². The minimum atomic E-state index is -0.979. The minimum Gasteiger partial charge on any atom is -0.447 e. The van der Waals surface area contributed by atoms with Crippen LogP contribution in [-0.4, -0.2) is 32.8 Å². The van der Waals surface area contributed by atoms with Crippen LogP contribution < -0.4 is 14.4 Å². The van der Waals surface area contributed by atoms with Gasteiger partial charge in [0.05, 0.1) is 5.69 Å². The fourth-order valence-electron chi connectivity index (χ4n) is 3.56. The van der Waals surface area contributed by atoms with Crippen molar-refractivity contribution in [3.63, 3.8) is 0 Å². The van der Waals surface area contributed by atoms with Gasteiger partial charge in [0.25, 0.3) is 0 Å². The highest BCUT2D eigenvalue weighted by Crippen LogP contribution is 2.45. The number of hydrogen-bond donors (Lipinski definition) is 0. The number of thioether (sulfide) groups is 1. The van der Waals surface area contributed by atoms with E-state index >= 15 is 0 Å². The Morgan fingerprint density at radius 3 is 2.71 bits per heavy atom. The zero-order chi connectivity index (χ0) is 24.2. The molecule has 4 rings (SSSR count). The molecule has 2 aromatic carbocycles. The smallest absolute Gasteiger partial charge is 0.308 e. The minimum absolute atomic E-state index is 0.240. The van der Waals surface area contributed by atoms with Gasteiger partial charge < -0.3 is 9.47 Å². The fourth-order valence-corrected chi connectivity index (χ4v) is 4.64. The lowest BCUT2D eigenvalue weighted by Gasteiger charge is -2.30. The summed E-state index contributed by atoms with van der Waals surface area (Å²) in [4.78, 5) is 30.5. The monoisotopic (exact) mass is 498 g/mol. The lowest BCUT2D eigenvalue weighted by molar-refractivity contribution is -0.131. The van der Waals surface area contributed by atoms with Crippen LogP contribution in [0.3, 0.4) is 0 Å². The van der Waals surface area contributed by atoms with Gasteiger partial charge in [-0.1, -0.05) is 54.9 Å². The number of ether oxygens (including phenoxy) is 2. The molecule has 3 aromatic rings. The highest BCUT2D eigenvalue weighted by atomic mass is 35.5. The van der Waals surface area contributed by atoms with Crippen molar-refractivity contribution in [1.82, 2.24) is 15.2 Å². The molecular weight excluding hydrogens is 476 g/mol. The van der Waals surface area contributed by atoms with Gasteiger partial charge in [-0.25, -0.2) is 0 Å². The highest BCUT2D eigenvalue weighted by Gasteiger charge is 2.35. The van der Waals surface area contributed by atoms with Gasteiger partial charge in [-0.2, -0.15) is 4.98 Å². The number of amides is 1. The summed E-state index contributed by atoms with van der Waals surface area (Å²) in [6.07, 6.45) is 1.10. The zero-order valence-electron chi connectivity index (χ0n) is 18.9. The molecule has 1 atom stereocenters. The molecule has 1 aliphatic rings. The number of rotatable bonds is 6. The number of anilines is 1. The number of carbonyl (C=O) groups is 2. The van der Waals surface area contributed by atoms with Crippen molar-refractivity contribution in [1.29, 1.82) is 0 Å². The van der Waals surface area contributed by atoms with E-state index in [1.807, 2.05) is 18.2 Å². The van der Waals surface area contributed by atoms with Crippen LogP contribution in [-0.2, 0) is 9.59 Å². The molecule has 2 heterocycles. The van der Waals surface area contributed by atoms with Crippen molar-refractivity contribution < 1.29 is 19.1 Å². The van der Waals surface area contributed by atoms with Crippen LogP contribution in [0.25, 0.3) is 11.3 Å². The maximum absolute atomic E-state index is 12.9. The number of esters is 1. The summed E-state index contributed by atoms with van der Waals surface area (Å²) in [7, 11) is 0. The molecule has 34 heavy (non-hydrogen) atoms. The second-order valence-corrected chi connectivity index (χ2v) is 9.07. The second kappa shape index (κ2) is 10.4.